The number of aromatic nitrogens is 2. The first kappa shape index (κ1) is 14.0. The number of hydrogen-bond acceptors (Lipinski definition) is 4. The summed E-state index contributed by atoms with van der Waals surface area (Å²) in [5.74, 6) is 0.496. The minimum absolute atomic E-state index is 0.00566. The van der Waals surface area contributed by atoms with Crippen molar-refractivity contribution in [1.29, 1.82) is 0 Å². The number of carbonyl (C=O) groups is 1. The van der Waals surface area contributed by atoms with Crippen LogP contribution in [0.5, 0.6) is 0 Å². The first-order valence-electron chi connectivity index (χ1n) is 6.91. The van der Waals surface area contributed by atoms with E-state index in [0.717, 1.165) is 16.8 Å². The lowest BCUT2D eigenvalue weighted by Crippen LogP contribution is -2.10. The third-order valence-corrected chi connectivity index (χ3v) is 3.57. The third-order valence-electron chi connectivity index (χ3n) is 3.57. The van der Waals surface area contributed by atoms with E-state index in [9.17, 15) is 9.59 Å². The molecule has 1 heterocycles. The van der Waals surface area contributed by atoms with Gasteiger partial charge in [-0.15, -0.1) is 0 Å². The summed E-state index contributed by atoms with van der Waals surface area (Å²) in [5, 5.41) is 3.53. The molecule has 0 aliphatic heterocycles. The minimum atomic E-state index is -0.281. The van der Waals surface area contributed by atoms with E-state index >= 15 is 0 Å². The van der Waals surface area contributed by atoms with Crippen molar-refractivity contribution in [2.24, 2.45) is 0 Å². The fraction of sp³-hybridized carbons (Fsp3) is 0.118. The Balaban J connectivity index is 2.12. The highest BCUT2D eigenvalue weighted by atomic mass is 16.1. The van der Waals surface area contributed by atoms with Crippen molar-refractivity contribution in [3.63, 3.8) is 0 Å². The maximum absolute atomic E-state index is 12.2. The van der Waals surface area contributed by atoms with Gasteiger partial charge < -0.3 is 10.3 Å². The molecule has 0 atom stereocenters. The Morgan fingerprint density at radius 2 is 1.86 bits per heavy atom. The van der Waals surface area contributed by atoms with Crippen molar-refractivity contribution in [2.75, 3.05) is 12.4 Å². The minimum Gasteiger partial charge on any atom is -0.388 e. The molecule has 110 valence electrons. The first-order valence-corrected chi connectivity index (χ1v) is 6.91. The molecule has 3 rings (SSSR count). The van der Waals surface area contributed by atoms with E-state index in [1.165, 1.54) is 6.92 Å². The number of nitrogens with zero attached hydrogens (tertiary/aromatic N) is 1. The van der Waals surface area contributed by atoms with Gasteiger partial charge in [-0.1, -0.05) is 24.3 Å². The molecular weight excluding hydrogens is 278 g/mol. The van der Waals surface area contributed by atoms with E-state index in [1.54, 1.807) is 37.4 Å². The third kappa shape index (κ3) is 2.48. The number of carbonyl (C=O) groups excluding carboxylic acids is 1. The maximum atomic E-state index is 12.2. The van der Waals surface area contributed by atoms with E-state index in [4.69, 9.17) is 0 Å². The zero-order valence-electron chi connectivity index (χ0n) is 12.3. The SMILES string of the molecule is CNc1ccc2[nH]c(-c3ccc(C(C)=O)cc3)nc(=O)c2c1. The van der Waals surface area contributed by atoms with Gasteiger partial charge in [0.1, 0.15) is 5.82 Å². The zero-order valence-corrected chi connectivity index (χ0v) is 12.3. The van der Waals surface area contributed by atoms with Gasteiger partial charge in [-0.05, 0) is 25.1 Å². The number of aromatic amines is 1. The van der Waals surface area contributed by atoms with Crippen molar-refractivity contribution in [1.82, 2.24) is 9.97 Å². The predicted molar refractivity (Wildman–Crippen MR) is 87.4 cm³/mol. The van der Waals surface area contributed by atoms with Crippen LogP contribution in [0.2, 0.25) is 0 Å². The summed E-state index contributed by atoms with van der Waals surface area (Å²) < 4.78 is 0. The monoisotopic (exact) mass is 293 g/mol. The van der Waals surface area contributed by atoms with E-state index < -0.39 is 0 Å². The topological polar surface area (TPSA) is 74.8 Å². The lowest BCUT2D eigenvalue weighted by atomic mass is 10.1. The van der Waals surface area contributed by atoms with Crippen LogP contribution < -0.4 is 10.9 Å². The van der Waals surface area contributed by atoms with Crippen LogP contribution in [0.4, 0.5) is 5.69 Å². The van der Waals surface area contributed by atoms with Gasteiger partial charge in [-0.3, -0.25) is 9.59 Å². The van der Waals surface area contributed by atoms with Gasteiger partial charge in [-0.25, -0.2) is 0 Å². The summed E-state index contributed by atoms with van der Waals surface area (Å²) in [6.45, 7) is 1.52. The molecule has 0 saturated heterocycles. The number of fused-ring (bicyclic) bond motifs is 1. The maximum Gasteiger partial charge on any atom is 0.281 e. The average Bonchev–Trinajstić information content (AvgIpc) is 2.54. The van der Waals surface area contributed by atoms with Crippen LogP contribution >= 0.6 is 0 Å². The first-order chi connectivity index (χ1) is 10.6. The Hall–Kier alpha value is -2.95. The summed E-state index contributed by atoms with van der Waals surface area (Å²) in [5.41, 5.74) is 2.70. The second-order valence-electron chi connectivity index (χ2n) is 5.03. The number of hydrogen-bond donors (Lipinski definition) is 2. The van der Waals surface area contributed by atoms with Gasteiger partial charge in [0.25, 0.3) is 5.56 Å². The van der Waals surface area contributed by atoms with E-state index in [-0.39, 0.29) is 11.3 Å². The fourth-order valence-corrected chi connectivity index (χ4v) is 2.30. The van der Waals surface area contributed by atoms with Gasteiger partial charge in [0.05, 0.1) is 10.9 Å². The van der Waals surface area contributed by atoms with Gasteiger partial charge in [0, 0.05) is 23.9 Å². The molecule has 0 aliphatic carbocycles. The molecule has 0 bridgehead atoms. The molecule has 0 radical (unpaired) electrons. The van der Waals surface area contributed by atoms with Crippen molar-refractivity contribution >= 4 is 22.4 Å². The van der Waals surface area contributed by atoms with Gasteiger partial charge >= 0.3 is 0 Å². The molecule has 0 unspecified atom stereocenters. The van der Waals surface area contributed by atoms with Gasteiger partial charge in [0.15, 0.2) is 5.78 Å². The van der Waals surface area contributed by atoms with E-state index in [1.807, 2.05) is 12.1 Å². The Morgan fingerprint density at radius 3 is 2.50 bits per heavy atom. The number of benzene rings is 2. The highest BCUT2D eigenvalue weighted by Crippen LogP contribution is 2.19. The van der Waals surface area contributed by atoms with Crippen molar-refractivity contribution < 1.29 is 4.79 Å². The van der Waals surface area contributed by atoms with Crippen molar-refractivity contribution in [3.8, 4) is 11.4 Å². The second-order valence-corrected chi connectivity index (χ2v) is 5.03. The summed E-state index contributed by atoms with van der Waals surface area (Å²) >= 11 is 0. The van der Waals surface area contributed by atoms with Crippen LogP contribution in [0, 0.1) is 0 Å². The molecule has 5 heteroatoms. The summed E-state index contributed by atoms with van der Waals surface area (Å²) in [6.07, 6.45) is 0. The molecule has 1 aromatic heterocycles. The van der Waals surface area contributed by atoms with Crippen LogP contribution in [0.1, 0.15) is 17.3 Å². The molecule has 5 nitrogen and oxygen atoms in total. The predicted octanol–water partition coefficient (Wildman–Crippen LogP) is 2.83. The Bertz CT molecular complexity index is 911. The molecule has 3 aromatic rings. The smallest absolute Gasteiger partial charge is 0.281 e. The highest BCUT2D eigenvalue weighted by Gasteiger charge is 2.07. The lowest BCUT2D eigenvalue weighted by Gasteiger charge is -2.06. The molecule has 0 fully saturated rings. The normalized spacial score (nSPS) is 10.6. The number of ketones is 1. The lowest BCUT2D eigenvalue weighted by molar-refractivity contribution is 0.101. The number of H-pyrrole nitrogens is 1. The van der Waals surface area contributed by atoms with E-state index in [2.05, 4.69) is 15.3 Å². The summed E-state index contributed by atoms with van der Waals surface area (Å²) in [4.78, 5) is 30.8. The van der Waals surface area contributed by atoms with E-state index in [0.29, 0.717) is 16.8 Å². The summed E-state index contributed by atoms with van der Waals surface area (Å²) in [6, 6.07) is 12.5. The Kier molecular flexibility index (Phi) is 3.47. The van der Waals surface area contributed by atoms with Crippen molar-refractivity contribution in [2.45, 2.75) is 6.92 Å². The fourth-order valence-electron chi connectivity index (χ4n) is 2.30. The highest BCUT2D eigenvalue weighted by molar-refractivity contribution is 5.94. The summed E-state index contributed by atoms with van der Waals surface area (Å²) in [7, 11) is 1.80. The molecule has 22 heavy (non-hydrogen) atoms. The molecule has 0 spiro atoms. The van der Waals surface area contributed by atoms with Gasteiger partial charge in [0.2, 0.25) is 0 Å². The van der Waals surface area contributed by atoms with Crippen LogP contribution in [0.3, 0.4) is 0 Å². The second kappa shape index (κ2) is 5.44. The zero-order chi connectivity index (χ0) is 15.7. The standard InChI is InChI=1S/C17H15N3O2/c1-10(21)11-3-5-12(6-4-11)16-19-15-8-7-13(18-2)9-14(15)17(22)20-16/h3-9,18H,1-2H3,(H,19,20,22). The van der Waals surface area contributed by atoms with Crippen LogP contribution in [0.15, 0.2) is 47.3 Å². The average molecular weight is 293 g/mol. The van der Waals surface area contributed by atoms with Gasteiger partial charge in [-0.2, -0.15) is 4.98 Å². The van der Waals surface area contributed by atoms with Crippen LogP contribution in [-0.4, -0.2) is 22.8 Å². The molecule has 2 aromatic carbocycles. The number of anilines is 1. The molecule has 0 amide bonds. The van der Waals surface area contributed by atoms with Crippen molar-refractivity contribution in [3.05, 3.63) is 58.4 Å². The quantitative estimate of drug-likeness (QED) is 0.728. The van der Waals surface area contributed by atoms with Crippen LogP contribution in [0.25, 0.3) is 22.3 Å². The Labute approximate surface area is 127 Å². The number of rotatable bonds is 3. The molecule has 0 saturated carbocycles. The number of Topliss-reactive ketones (excluding diaryl/α,β-unsaturated/α-hetero) is 1. The van der Waals surface area contributed by atoms with Crippen LogP contribution in [-0.2, 0) is 0 Å². The largest absolute Gasteiger partial charge is 0.388 e. The Morgan fingerprint density at radius 1 is 1.14 bits per heavy atom. The molecule has 2 N–H and O–H groups in total. The molecular formula is C17H15N3O2. The molecule has 0 aliphatic rings. The number of nitrogens with one attached hydrogen (secondary N) is 2.